The molecule has 86 valence electrons. The molecule has 0 aliphatic rings. The van der Waals surface area contributed by atoms with E-state index >= 15 is 0 Å². The fraction of sp³-hybridized carbons (Fsp3) is 0.357. The van der Waals surface area contributed by atoms with E-state index in [4.69, 9.17) is 0 Å². The van der Waals surface area contributed by atoms with E-state index in [1.54, 1.807) is 0 Å². The Morgan fingerprint density at radius 3 is 2.75 bits per heavy atom. The molecule has 0 amide bonds. The van der Waals surface area contributed by atoms with Crippen molar-refractivity contribution in [1.29, 1.82) is 0 Å². The van der Waals surface area contributed by atoms with Crippen molar-refractivity contribution in [3.8, 4) is 0 Å². The second kappa shape index (κ2) is 7.69. The summed E-state index contributed by atoms with van der Waals surface area (Å²) in [4.78, 5) is 0. The van der Waals surface area contributed by atoms with Crippen LogP contribution in [-0.4, -0.2) is 5.71 Å². The normalized spacial score (nSPS) is 11.2. The summed E-state index contributed by atoms with van der Waals surface area (Å²) < 4.78 is 0. The summed E-state index contributed by atoms with van der Waals surface area (Å²) in [5, 5.41) is 4.33. The molecule has 2 heteroatoms. The molecular formula is C14H20N2. The van der Waals surface area contributed by atoms with Crippen molar-refractivity contribution < 1.29 is 0 Å². The molecule has 1 aromatic carbocycles. The molecule has 0 bridgehead atoms. The lowest BCUT2D eigenvalue weighted by Gasteiger charge is -2.02. The van der Waals surface area contributed by atoms with Gasteiger partial charge in [-0.05, 0) is 44.7 Å². The summed E-state index contributed by atoms with van der Waals surface area (Å²) in [5.74, 6) is 0. The maximum Gasteiger partial charge on any atom is 0.0561 e. The lowest BCUT2D eigenvalue weighted by atomic mass is 10.1. The third kappa shape index (κ3) is 5.35. The number of anilines is 1. The summed E-state index contributed by atoms with van der Waals surface area (Å²) in [6, 6.07) is 10.0. The van der Waals surface area contributed by atoms with Gasteiger partial charge in [0, 0.05) is 5.71 Å². The quantitative estimate of drug-likeness (QED) is 0.314. The van der Waals surface area contributed by atoms with Gasteiger partial charge in [0.1, 0.15) is 0 Å². The van der Waals surface area contributed by atoms with Gasteiger partial charge in [-0.2, -0.15) is 5.10 Å². The van der Waals surface area contributed by atoms with Crippen LogP contribution in [0.5, 0.6) is 0 Å². The number of benzene rings is 1. The van der Waals surface area contributed by atoms with Gasteiger partial charge in [-0.1, -0.05) is 24.3 Å². The van der Waals surface area contributed by atoms with Gasteiger partial charge in [-0.25, -0.2) is 0 Å². The highest BCUT2D eigenvalue weighted by Crippen LogP contribution is 2.06. The molecule has 1 rings (SSSR count). The molecule has 0 aliphatic heterocycles. The van der Waals surface area contributed by atoms with Crippen LogP contribution in [0.2, 0.25) is 0 Å². The van der Waals surface area contributed by atoms with Crippen molar-refractivity contribution in [1.82, 2.24) is 0 Å². The number of hydrazone groups is 1. The monoisotopic (exact) mass is 216 g/mol. The molecular weight excluding hydrogens is 196 g/mol. The predicted octanol–water partition coefficient (Wildman–Crippen LogP) is 4.22. The number of allylic oxidation sites excluding steroid dienone is 1. The van der Waals surface area contributed by atoms with Crippen LogP contribution in [0, 0.1) is 0 Å². The lowest BCUT2D eigenvalue weighted by Crippen LogP contribution is -1.97. The predicted molar refractivity (Wildman–Crippen MR) is 71.8 cm³/mol. The summed E-state index contributed by atoms with van der Waals surface area (Å²) in [6.45, 7) is 5.77. The fourth-order valence-corrected chi connectivity index (χ4v) is 1.40. The van der Waals surface area contributed by atoms with E-state index in [0.29, 0.717) is 0 Å². The van der Waals surface area contributed by atoms with Gasteiger partial charge >= 0.3 is 0 Å². The third-order valence-corrected chi connectivity index (χ3v) is 2.35. The number of unbranched alkanes of at least 4 members (excludes halogenated alkanes) is 2. The second-order valence-corrected chi connectivity index (χ2v) is 3.86. The van der Waals surface area contributed by atoms with Crippen molar-refractivity contribution in [2.45, 2.75) is 32.6 Å². The molecule has 0 aromatic heterocycles. The van der Waals surface area contributed by atoms with Crippen molar-refractivity contribution in [2.24, 2.45) is 5.10 Å². The first-order valence-corrected chi connectivity index (χ1v) is 5.78. The van der Waals surface area contributed by atoms with E-state index in [0.717, 1.165) is 24.2 Å². The third-order valence-electron chi connectivity index (χ3n) is 2.35. The minimum Gasteiger partial charge on any atom is -0.279 e. The minimum absolute atomic E-state index is 1.04. The second-order valence-electron chi connectivity index (χ2n) is 3.86. The van der Waals surface area contributed by atoms with Crippen LogP contribution >= 0.6 is 0 Å². The molecule has 0 spiro atoms. The van der Waals surface area contributed by atoms with E-state index < -0.39 is 0 Å². The highest BCUT2D eigenvalue weighted by atomic mass is 15.3. The van der Waals surface area contributed by atoms with E-state index in [1.165, 1.54) is 12.8 Å². The summed E-state index contributed by atoms with van der Waals surface area (Å²) in [7, 11) is 0. The van der Waals surface area contributed by atoms with Crippen LogP contribution in [0.3, 0.4) is 0 Å². The van der Waals surface area contributed by atoms with Crippen molar-refractivity contribution >= 4 is 11.4 Å². The average Bonchev–Trinajstić information content (AvgIpc) is 2.33. The molecule has 0 radical (unpaired) electrons. The lowest BCUT2D eigenvalue weighted by molar-refractivity contribution is 0.776. The van der Waals surface area contributed by atoms with Crippen LogP contribution in [0.25, 0.3) is 0 Å². The van der Waals surface area contributed by atoms with Gasteiger partial charge in [0.15, 0.2) is 0 Å². The number of hydrogen-bond acceptors (Lipinski definition) is 2. The zero-order valence-corrected chi connectivity index (χ0v) is 9.95. The standard InChI is InChI=1S/C14H20N2/c1-3-4-5-7-10-13(2)15-16-14-11-8-6-9-12-14/h3,6,8-9,11-12,16H,1,4-5,7,10H2,2H3/b15-13+. The Balaban J connectivity index is 2.26. The van der Waals surface area contributed by atoms with Gasteiger partial charge in [-0.15, -0.1) is 6.58 Å². The Morgan fingerprint density at radius 2 is 2.06 bits per heavy atom. The summed E-state index contributed by atoms with van der Waals surface area (Å²) in [5.41, 5.74) is 5.23. The van der Waals surface area contributed by atoms with Crippen molar-refractivity contribution in [3.05, 3.63) is 43.0 Å². The summed E-state index contributed by atoms with van der Waals surface area (Å²) in [6.07, 6.45) is 6.49. The fourth-order valence-electron chi connectivity index (χ4n) is 1.40. The van der Waals surface area contributed by atoms with Gasteiger partial charge in [-0.3, -0.25) is 5.43 Å². The van der Waals surface area contributed by atoms with Crippen LogP contribution in [-0.2, 0) is 0 Å². The van der Waals surface area contributed by atoms with Gasteiger partial charge in [0.05, 0.1) is 5.69 Å². The van der Waals surface area contributed by atoms with Crippen LogP contribution in [0.4, 0.5) is 5.69 Å². The largest absolute Gasteiger partial charge is 0.279 e. The Bertz CT molecular complexity index is 328. The Kier molecular flexibility index (Phi) is 6.00. The van der Waals surface area contributed by atoms with Gasteiger partial charge < -0.3 is 0 Å². The zero-order chi connectivity index (χ0) is 11.6. The SMILES string of the molecule is C=CCCCC/C(C)=N/Nc1ccccc1. The average molecular weight is 216 g/mol. The minimum atomic E-state index is 1.04. The number of nitrogens with zero attached hydrogens (tertiary/aromatic N) is 1. The molecule has 0 saturated heterocycles. The first kappa shape index (κ1) is 12.5. The molecule has 0 unspecified atom stereocenters. The molecule has 0 fully saturated rings. The van der Waals surface area contributed by atoms with E-state index in [-0.39, 0.29) is 0 Å². The summed E-state index contributed by atoms with van der Waals surface area (Å²) >= 11 is 0. The maximum absolute atomic E-state index is 4.33. The molecule has 0 aliphatic carbocycles. The zero-order valence-electron chi connectivity index (χ0n) is 9.95. The molecule has 1 N–H and O–H groups in total. The number of hydrogen-bond donors (Lipinski definition) is 1. The smallest absolute Gasteiger partial charge is 0.0561 e. The number of rotatable bonds is 7. The molecule has 0 atom stereocenters. The van der Waals surface area contributed by atoms with Gasteiger partial charge in [0.2, 0.25) is 0 Å². The van der Waals surface area contributed by atoms with Crippen LogP contribution in [0.1, 0.15) is 32.6 Å². The number of nitrogens with one attached hydrogen (secondary N) is 1. The van der Waals surface area contributed by atoms with Gasteiger partial charge in [0.25, 0.3) is 0 Å². The van der Waals surface area contributed by atoms with Crippen molar-refractivity contribution in [3.63, 3.8) is 0 Å². The molecule has 2 nitrogen and oxygen atoms in total. The Labute approximate surface area is 98.1 Å². The molecule has 16 heavy (non-hydrogen) atoms. The molecule has 0 heterocycles. The first-order chi connectivity index (χ1) is 7.83. The van der Waals surface area contributed by atoms with E-state index in [2.05, 4.69) is 24.0 Å². The topological polar surface area (TPSA) is 24.4 Å². The van der Waals surface area contributed by atoms with Crippen LogP contribution in [0.15, 0.2) is 48.1 Å². The number of para-hydroxylation sites is 1. The highest BCUT2D eigenvalue weighted by molar-refractivity contribution is 5.82. The Hall–Kier alpha value is -1.57. The molecule has 1 aromatic rings. The van der Waals surface area contributed by atoms with E-state index in [9.17, 15) is 0 Å². The molecule has 0 saturated carbocycles. The van der Waals surface area contributed by atoms with E-state index in [1.807, 2.05) is 36.4 Å². The highest BCUT2D eigenvalue weighted by Gasteiger charge is 1.92. The van der Waals surface area contributed by atoms with Crippen molar-refractivity contribution in [2.75, 3.05) is 5.43 Å². The maximum atomic E-state index is 4.33. The van der Waals surface area contributed by atoms with Crippen LogP contribution < -0.4 is 5.43 Å². The Morgan fingerprint density at radius 1 is 1.31 bits per heavy atom. The first-order valence-electron chi connectivity index (χ1n) is 5.78.